The smallest absolute Gasteiger partial charge is 0.194 e. The third kappa shape index (κ3) is 7.63. The van der Waals surface area contributed by atoms with Gasteiger partial charge in [0.15, 0.2) is 11.8 Å². The van der Waals surface area contributed by atoms with E-state index in [-0.39, 0.29) is 24.0 Å². The maximum absolute atomic E-state index is 5.97. The van der Waals surface area contributed by atoms with E-state index in [2.05, 4.69) is 20.4 Å². The van der Waals surface area contributed by atoms with Gasteiger partial charge in [0, 0.05) is 45.9 Å². The van der Waals surface area contributed by atoms with Crippen LogP contribution in [0.1, 0.15) is 23.6 Å². The summed E-state index contributed by atoms with van der Waals surface area (Å²) >= 11 is 5.97. The van der Waals surface area contributed by atoms with Crippen LogP contribution in [0.3, 0.4) is 0 Å². The molecule has 0 atom stereocenters. The largest absolute Gasteiger partial charge is 0.385 e. The van der Waals surface area contributed by atoms with Gasteiger partial charge in [0.2, 0.25) is 0 Å². The molecule has 1 aromatic carbocycles. The molecule has 0 amide bonds. The lowest BCUT2D eigenvalue weighted by molar-refractivity contribution is 0.195. The van der Waals surface area contributed by atoms with E-state index in [1.165, 1.54) is 0 Å². The molecule has 9 heteroatoms. The maximum Gasteiger partial charge on any atom is 0.194 e. The molecular formula is C18H28ClIN6O. The number of guanidine groups is 1. The molecule has 1 heterocycles. The number of hydrogen-bond donors (Lipinski definition) is 1. The van der Waals surface area contributed by atoms with Crippen molar-refractivity contribution in [2.75, 3.05) is 27.3 Å². The highest BCUT2D eigenvalue weighted by molar-refractivity contribution is 14.0. The summed E-state index contributed by atoms with van der Waals surface area (Å²) in [4.78, 5) is 6.80. The van der Waals surface area contributed by atoms with Gasteiger partial charge in [0.1, 0.15) is 12.4 Å². The van der Waals surface area contributed by atoms with E-state index in [1.807, 2.05) is 49.9 Å². The number of rotatable bonds is 8. The third-order valence-corrected chi connectivity index (χ3v) is 4.31. The first-order chi connectivity index (χ1) is 12.5. The molecule has 0 aliphatic rings. The molecule has 0 unspecified atom stereocenters. The quantitative estimate of drug-likeness (QED) is 0.258. The van der Waals surface area contributed by atoms with Gasteiger partial charge < -0.3 is 19.5 Å². The van der Waals surface area contributed by atoms with E-state index in [9.17, 15) is 0 Å². The topological polar surface area (TPSA) is 67.6 Å². The Balaban J connectivity index is 0.00000364. The van der Waals surface area contributed by atoms with Gasteiger partial charge in [0.05, 0.1) is 0 Å². The number of aliphatic imine (C=N–C) groups is 1. The maximum atomic E-state index is 5.97. The fourth-order valence-corrected chi connectivity index (χ4v) is 2.53. The van der Waals surface area contributed by atoms with Crippen molar-refractivity contribution in [3.8, 4) is 0 Å². The molecule has 2 rings (SSSR count). The first-order valence-electron chi connectivity index (χ1n) is 8.59. The highest BCUT2D eigenvalue weighted by Gasteiger charge is 2.09. The summed E-state index contributed by atoms with van der Waals surface area (Å²) in [6.45, 7) is 4.62. The average Bonchev–Trinajstić information content (AvgIpc) is 2.95. The number of benzene rings is 1. The van der Waals surface area contributed by atoms with Crippen LogP contribution < -0.4 is 5.32 Å². The van der Waals surface area contributed by atoms with E-state index in [1.54, 1.807) is 7.11 Å². The predicted octanol–water partition coefficient (Wildman–Crippen LogP) is 3.01. The lowest BCUT2D eigenvalue weighted by Crippen LogP contribution is -2.39. The van der Waals surface area contributed by atoms with Crippen molar-refractivity contribution < 1.29 is 4.74 Å². The van der Waals surface area contributed by atoms with Gasteiger partial charge in [-0.15, -0.1) is 34.2 Å². The zero-order chi connectivity index (χ0) is 18.9. The Labute approximate surface area is 183 Å². The number of hydrogen-bond acceptors (Lipinski definition) is 4. The van der Waals surface area contributed by atoms with Crippen LogP contribution in [0.5, 0.6) is 0 Å². The van der Waals surface area contributed by atoms with Crippen molar-refractivity contribution in [2.24, 2.45) is 12.0 Å². The molecule has 2 aromatic rings. The van der Waals surface area contributed by atoms with Gasteiger partial charge in [-0.2, -0.15) is 0 Å². The van der Waals surface area contributed by atoms with Crippen molar-refractivity contribution in [2.45, 2.75) is 26.4 Å². The fraction of sp³-hybridized carbons (Fsp3) is 0.500. The Bertz CT molecular complexity index is 719. The standard InChI is InChI=1S/C18H27ClN6O.HI/c1-14-22-23-17(25(14)3)12-21-18(20-10-5-11-26-4)24(2)13-15-6-8-16(19)9-7-15;/h6-9H,5,10-13H2,1-4H3,(H,20,21);1H. The molecule has 0 fully saturated rings. The van der Waals surface area contributed by atoms with Gasteiger partial charge >= 0.3 is 0 Å². The fourth-order valence-electron chi connectivity index (χ4n) is 2.40. The molecule has 150 valence electrons. The minimum atomic E-state index is 0. The first-order valence-corrected chi connectivity index (χ1v) is 8.96. The summed E-state index contributed by atoms with van der Waals surface area (Å²) in [6.07, 6.45) is 0.910. The minimum absolute atomic E-state index is 0. The van der Waals surface area contributed by atoms with Crippen LogP contribution in [0.25, 0.3) is 0 Å². The summed E-state index contributed by atoms with van der Waals surface area (Å²) in [5.74, 6) is 2.52. The first kappa shape index (κ1) is 23.6. The van der Waals surface area contributed by atoms with Crippen LogP contribution in [-0.4, -0.2) is 52.9 Å². The van der Waals surface area contributed by atoms with E-state index in [4.69, 9.17) is 21.3 Å². The monoisotopic (exact) mass is 506 g/mol. The van der Waals surface area contributed by atoms with Crippen LogP contribution in [0, 0.1) is 6.92 Å². The molecular weight excluding hydrogens is 479 g/mol. The van der Waals surface area contributed by atoms with Crippen molar-refractivity contribution in [3.05, 3.63) is 46.5 Å². The summed E-state index contributed by atoms with van der Waals surface area (Å²) in [5.41, 5.74) is 1.16. The SMILES string of the molecule is COCCCNC(=NCc1nnc(C)n1C)N(C)Cc1ccc(Cl)cc1.I. The molecule has 0 spiro atoms. The van der Waals surface area contributed by atoms with Gasteiger partial charge in [-0.25, -0.2) is 4.99 Å². The van der Waals surface area contributed by atoms with Crippen molar-refractivity contribution in [1.29, 1.82) is 0 Å². The second-order valence-electron chi connectivity index (χ2n) is 6.12. The number of aromatic nitrogens is 3. The zero-order valence-corrected chi connectivity index (χ0v) is 19.4. The van der Waals surface area contributed by atoms with Gasteiger partial charge in [-0.3, -0.25) is 0 Å². The number of halogens is 2. The molecule has 0 aliphatic heterocycles. The van der Waals surface area contributed by atoms with Crippen LogP contribution in [0.4, 0.5) is 0 Å². The summed E-state index contributed by atoms with van der Waals surface area (Å²) < 4.78 is 7.06. The van der Waals surface area contributed by atoms with Crippen molar-refractivity contribution in [3.63, 3.8) is 0 Å². The Morgan fingerprint density at radius 1 is 1.30 bits per heavy atom. The van der Waals surface area contributed by atoms with Crippen molar-refractivity contribution in [1.82, 2.24) is 25.0 Å². The summed E-state index contributed by atoms with van der Waals surface area (Å²) in [7, 11) is 5.67. The number of aryl methyl sites for hydroxylation is 1. The Morgan fingerprint density at radius 3 is 2.59 bits per heavy atom. The van der Waals surface area contributed by atoms with Gasteiger partial charge in [-0.1, -0.05) is 23.7 Å². The average molecular weight is 507 g/mol. The summed E-state index contributed by atoms with van der Waals surface area (Å²) in [5, 5.41) is 12.4. The molecule has 0 bridgehead atoms. The van der Waals surface area contributed by atoms with Crippen LogP contribution in [-0.2, 0) is 24.9 Å². The van der Waals surface area contributed by atoms with E-state index < -0.39 is 0 Å². The lowest BCUT2D eigenvalue weighted by atomic mass is 10.2. The summed E-state index contributed by atoms with van der Waals surface area (Å²) in [6, 6.07) is 7.84. The second kappa shape index (κ2) is 12.1. The number of nitrogens with one attached hydrogen (secondary N) is 1. The van der Waals surface area contributed by atoms with E-state index >= 15 is 0 Å². The second-order valence-corrected chi connectivity index (χ2v) is 6.55. The zero-order valence-electron chi connectivity index (χ0n) is 16.3. The lowest BCUT2D eigenvalue weighted by Gasteiger charge is -2.22. The van der Waals surface area contributed by atoms with Crippen LogP contribution in [0.2, 0.25) is 5.02 Å². The van der Waals surface area contributed by atoms with E-state index in [0.717, 1.165) is 47.7 Å². The number of methoxy groups -OCH3 is 1. The van der Waals surface area contributed by atoms with Crippen LogP contribution in [0.15, 0.2) is 29.3 Å². The molecule has 27 heavy (non-hydrogen) atoms. The van der Waals surface area contributed by atoms with Crippen LogP contribution >= 0.6 is 35.6 Å². The molecule has 0 saturated carbocycles. The molecule has 0 aliphatic carbocycles. The Morgan fingerprint density at radius 2 is 2.00 bits per heavy atom. The number of ether oxygens (including phenoxy) is 1. The third-order valence-electron chi connectivity index (χ3n) is 4.06. The minimum Gasteiger partial charge on any atom is -0.385 e. The molecule has 7 nitrogen and oxygen atoms in total. The van der Waals surface area contributed by atoms with Gasteiger partial charge in [0.25, 0.3) is 0 Å². The van der Waals surface area contributed by atoms with Gasteiger partial charge in [-0.05, 0) is 31.0 Å². The highest BCUT2D eigenvalue weighted by atomic mass is 127. The Hall–Kier alpha value is -1.39. The molecule has 0 radical (unpaired) electrons. The normalized spacial score (nSPS) is 11.2. The predicted molar refractivity (Wildman–Crippen MR) is 120 cm³/mol. The van der Waals surface area contributed by atoms with Crippen molar-refractivity contribution >= 4 is 41.5 Å². The molecule has 0 saturated heterocycles. The molecule has 1 aromatic heterocycles. The molecule has 1 N–H and O–H groups in total. The van der Waals surface area contributed by atoms with E-state index in [0.29, 0.717) is 13.2 Å². The Kier molecular flexibility index (Phi) is 10.6. The highest BCUT2D eigenvalue weighted by Crippen LogP contribution is 2.11. The number of nitrogens with zero attached hydrogens (tertiary/aromatic N) is 5.